The van der Waals surface area contributed by atoms with Crippen LogP contribution in [0.4, 0.5) is 5.69 Å². The fourth-order valence-electron chi connectivity index (χ4n) is 1.01. The Kier molecular flexibility index (Phi) is 3.49. The summed E-state index contributed by atoms with van der Waals surface area (Å²) < 4.78 is 4.78. The molecule has 1 aromatic carbocycles. The lowest BCUT2D eigenvalue weighted by Crippen LogP contribution is -1.99. The molecule has 1 aromatic rings. The van der Waals surface area contributed by atoms with E-state index in [0.717, 1.165) is 12.1 Å². The van der Waals surface area contributed by atoms with E-state index in [4.69, 9.17) is 27.9 Å². The Balaban J connectivity index is 3.45. The second-order valence-corrected chi connectivity index (χ2v) is 3.29. The summed E-state index contributed by atoms with van der Waals surface area (Å²) in [7, 11) is 1.31. The highest BCUT2D eigenvalue weighted by Crippen LogP contribution is 2.32. The van der Waals surface area contributed by atoms with Gasteiger partial charge in [-0.15, -0.1) is 0 Å². The van der Waals surface area contributed by atoms with Crippen molar-refractivity contribution < 1.29 is 14.5 Å². The summed E-state index contributed by atoms with van der Waals surface area (Å²) in [5.41, 5.74) is -0.691. The molecule has 1 rings (SSSR count). The van der Waals surface area contributed by atoms with Gasteiger partial charge in [0.25, 0.3) is 10.9 Å². The fraction of sp³-hybridized carbons (Fsp3) is 0.125. The third-order valence-corrected chi connectivity index (χ3v) is 2.18. The second kappa shape index (κ2) is 4.46. The first-order chi connectivity index (χ1) is 6.97. The van der Waals surface area contributed by atoms with Crippen LogP contribution < -0.4 is 4.74 Å². The monoisotopic (exact) mass is 249 g/mol. The number of rotatable bonds is 3. The zero-order valence-corrected chi connectivity index (χ0v) is 9.00. The molecule has 0 unspecified atom stereocenters. The Bertz CT molecular complexity index is 433. The highest BCUT2D eigenvalue weighted by Gasteiger charge is 2.22. The molecular formula is C8H5Cl2NO4. The van der Waals surface area contributed by atoms with Gasteiger partial charge in [0.05, 0.1) is 23.1 Å². The van der Waals surface area contributed by atoms with Gasteiger partial charge < -0.3 is 4.74 Å². The molecule has 15 heavy (non-hydrogen) atoms. The van der Waals surface area contributed by atoms with Crippen molar-refractivity contribution >= 4 is 34.1 Å². The number of nitro groups is 1. The summed E-state index contributed by atoms with van der Waals surface area (Å²) in [5, 5.41) is 9.75. The summed E-state index contributed by atoms with van der Waals surface area (Å²) in [5.74, 6) is 0.116. The zero-order valence-electron chi connectivity index (χ0n) is 7.49. The van der Waals surface area contributed by atoms with E-state index in [1.807, 2.05) is 0 Å². The standard InChI is InChI=1S/C8H5Cl2NO4/c1-15-7-3-6(11(13)14)4(8(10)12)2-5(7)9/h2-3H,1H3. The zero-order chi connectivity index (χ0) is 11.6. The predicted molar refractivity (Wildman–Crippen MR) is 54.8 cm³/mol. The van der Waals surface area contributed by atoms with Gasteiger partial charge in [-0.3, -0.25) is 14.9 Å². The molecule has 0 spiro atoms. The molecule has 0 radical (unpaired) electrons. The highest BCUT2D eigenvalue weighted by molar-refractivity contribution is 6.68. The molecule has 7 heteroatoms. The van der Waals surface area contributed by atoms with Gasteiger partial charge in [-0.25, -0.2) is 0 Å². The molecule has 0 aliphatic heterocycles. The molecule has 0 heterocycles. The van der Waals surface area contributed by atoms with E-state index in [2.05, 4.69) is 0 Å². The quantitative estimate of drug-likeness (QED) is 0.469. The third kappa shape index (κ3) is 2.37. The average molecular weight is 250 g/mol. The van der Waals surface area contributed by atoms with Gasteiger partial charge in [0, 0.05) is 0 Å². The minimum absolute atomic E-state index is 0.0899. The second-order valence-electron chi connectivity index (χ2n) is 2.53. The van der Waals surface area contributed by atoms with E-state index in [9.17, 15) is 14.9 Å². The SMILES string of the molecule is COc1cc([N+](=O)[O-])c(C(=O)Cl)cc1Cl. The van der Waals surface area contributed by atoms with Gasteiger partial charge in [0.15, 0.2) is 0 Å². The van der Waals surface area contributed by atoms with E-state index in [1.54, 1.807) is 0 Å². The molecule has 0 aliphatic rings. The number of halogens is 2. The summed E-state index contributed by atoms with van der Waals surface area (Å²) in [6.45, 7) is 0. The molecule has 0 N–H and O–H groups in total. The summed E-state index contributed by atoms with van der Waals surface area (Å²) in [4.78, 5) is 20.8. The largest absolute Gasteiger partial charge is 0.495 e. The molecule has 0 saturated heterocycles. The number of nitrogens with zero attached hydrogens (tertiary/aromatic N) is 1. The third-order valence-electron chi connectivity index (χ3n) is 1.68. The number of hydrogen-bond acceptors (Lipinski definition) is 4. The number of benzene rings is 1. The lowest BCUT2D eigenvalue weighted by atomic mass is 10.2. The predicted octanol–water partition coefficient (Wildman–Crippen LogP) is 2.64. The van der Waals surface area contributed by atoms with Crippen LogP contribution in [-0.4, -0.2) is 17.3 Å². The Hall–Kier alpha value is -1.33. The van der Waals surface area contributed by atoms with Gasteiger partial charge in [0.1, 0.15) is 11.3 Å². The van der Waals surface area contributed by atoms with E-state index < -0.39 is 15.9 Å². The number of ether oxygens (including phenoxy) is 1. The van der Waals surface area contributed by atoms with Gasteiger partial charge >= 0.3 is 0 Å². The fourth-order valence-corrected chi connectivity index (χ4v) is 1.40. The summed E-state index contributed by atoms with van der Waals surface area (Å²) in [6, 6.07) is 2.16. The number of carbonyl (C=O) groups excluding carboxylic acids is 1. The Labute approximate surface area is 94.7 Å². The maximum absolute atomic E-state index is 10.9. The van der Waals surface area contributed by atoms with Crippen LogP contribution in [0.25, 0.3) is 0 Å². The van der Waals surface area contributed by atoms with Crippen LogP contribution in [0.5, 0.6) is 5.75 Å². The molecule has 5 nitrogen and oxygen atoms in total. The van der Waals surface area contributed by atoms with Crippen molar-refractivity contribution in [2.24, 2.45) is 0 Å². The number of hydrogen-bond donors (Lipinski definition) is 0. The first kappa shape index (κ1) is 11.7. The van der Waals surface area contributed by atoms with Crippen molar-refractivity contribution in [2.75, 3.05) is 7.11 Å². The molecule has 0 bridgehead atoms. The van der Waals surface area contributed by atoms with Gasteiger partial charge in [-0.2, -0.15) is 0 Å². The smallest absolute Gasteiger partial charge is 0.285 e. The summed E-state index contributed by atoms with van der Waals surface area (Å²) >= 11 is 10.9. The maximum Gasteiger partial charge on any atom is 0.285 e. The maximum atomic E-state index is 10.9. The minimum atomic E-state index is -0.939. The Morgan fingerprint density at radius 1 is 1.53 bits per heavy atom. The molecule has 0 saturated carbocycles. The van der Waals surface area contributed by atoms with Crippen molar-refractivity contribution in [3.63, 3.8) is 0 Å². The topological polar surface area (TPSA) is 69.4 Å². The first-order valence-corrected chi connectivity index (χ1v) is 4.44. The van der Waals surface area contributed by atoms with E-state index in [-0.39, 0.29) is 16.3 Å². The van der Waals surface area contributed by atoms with E-state index in [0.29, 0.717) is 0 Å². The van der Waals surface area contributed by atoms with Crippen molar-refractivity contribution in [3.8, 4) is 5.75 Å². The first-order valence-electron chi connectivity index (χ1n) is 3.69. The van der Waals surface area contributed by atoms with Gasteiger partial charge in [-0.1, -0.05) is 11.6 Å². The lowest BCUT2D eigenvalue weighted by molar-refractivity contribution is -0.385. The molecule has 0 fully saturated rings. The van der Waals surface area contributed by atoms with E-state index in [1.165, 1.54) is 7.11 Å². The highest BCUT2D eigenvalue weighted by atomic mass is 35.5. The van der Waals surface area contributed by atoms with Crippen molar-refractivity contribution in [3.05, 3.63) is 32.8 Å². The van der Waals surface area contributed by atoms with Crippen LogP contribution in [0.15, 0.2) is 12.1 Å². The molecular weight excluding hydrogens is 245 g/mol. The normalized spacial score (nSPS) is 9.80. The van der Waals surface area contributed by atoms with E-state index >= 15 is 0 Å². The molecule has 80 valence electrons. The number of carbonyl (C=O) groups is 1. The Morgan fingerprint density at radius 2 is 2.13 bits per heavy atom. The molecule has 0 amide bonds. The van der Waals surface area contributed by atoms with Crippen LogP contribution >= 0.6 is 23.2 Å². The van der Waals surface area contributed by atoms with Crippen LogP contribution in [0.1, 0.15) is 10.4 Å². The van der Waals surface area contributed by atoms with Gasteiger partial charge in [-0.05, 0) is 17.7 Å². The van der Waals surface area contributed by atoms with Crippen molar-refractivity contribution in [1.82, 2.24) is 0 Å². The van der Waals surface area contributed by atoms with Crippen molar-refractivity contribution in [1.29, 1.82) is 0 Å². The lowest BCUT2D eigenvalue weighted by Gasteiger charge is -2.04. The molecule has 0 aromatic heterocycles. The molecule has 0 atom stereocenters. The molecule has 0 aliphatic carbocycles. The average Bonchev–Trinajstić information content (AvgIpc) is 2.16. The summed E-state index contributed by atoms with van der Waals surface area (Å²) in [6.07, 6.45) is 0. The van der Waals surface area contributed by atoms with Crippen LogP contribution in [0, 0.1) is 10.1 Å². The van der Waals surface area contributed by atoms with Crippen LogP contribution in [0.2, 0.25) is 5.02 Å². The minimum Gasteiger partial charge on any atom is -0.495 e. The number of methoxy groups -OCH3 is 1. The number of nitro benzene ring substituents is 1. The van der Waals surface area contributed by atoms with Crippen molar-refractivity contribution in [2.45, 2.75) is 0 Å². The van der Waals surface area contributed by atoms with Crippen LogP contribution in [0.3, 0.4) is 0 Å². The van der Waals surface area contributed by atoms with Crippen LogP contribution in [-0.2, 0) is 0 Å². The van der Waals surface area contributed by atoms with Gasteiger partial charge in [0.2, 0.25) is 0 Å². The Morgan fingerprint density at radius 3 is 2.53 bits per heavy atom.